The normalized spacial score (nSPS) is 13.3. The zero-order chi connectivity index (χ0) is 17.5. The van der Waals surface area contributed by atoms with Gasteiger partial charge in [-0.15, -0.1) is 0 Å². The Morgan fingerprint density at radius 2 is 1.92 bits per heavy atom. The first-order chi connectivity index (χ1) is 12.3. The number of nitrogens with zero attached hydrogens (tertiary/aromatic N) is 2. The smallest absolute Gasteiger partial charge is 0.229 e. The molecule has 4 nitrogen and oxygen atoms in total. The number of rotatable bonds is 7. The average molecular weight is 332 g/mol. The van der Waals surface area contributed by atoms with Crippen LogP contribution >= 0.6 is 0 Å². The standard InChI is InChI=1S/C21H24N4/c1-3-4-10-16(2)23-21-24-19-14-9-8-13-18(19)20(25-21)22-15-17-11-6-5-7-12-17/h3-7,10-12H,1-2,8-9,13-15H2,(H2,22,23,24,25)/b10-4-. The highest BCUT2D eigenvalue weighted by Gasteiger charge is 2.17. The van der Waals surface area contributed by atoms with Crippen LogP contribution in [0.3, 0.4) is 0 Å². The Morgan fingerprint density at radius 1 is 1.12 bits per heavy atom. The van der Waals surface area contributed by atoms with Crippen molar-refractivity contribution in [3.05, 3.63) is 84.2 Å². The van der Waals surface area contributed by atoms with E-state index in [-0.39, 0.29) is 0 Å². The van der Waals surface area contributed by atoms with Crippen molar-refractivity contribution in [2.75, 3.05) is 10.6 Å². The van der Waals surface area contributed by atoms with Crippen LogP contribution in [-0.2, 0) is 19.4 Å². The molecule has 2 N–H and O–H groups in total. The minimum atomic E-state index is 0.593. The highest BCUT2D eigenvalue weighted by Crippen LogP contribution is 2.27. The van der Waals surface area contributed by atoms with Gasteiger partial charge in [0.05, 0.1) is 5.69 Å². The summed E-state index contributed by atoms with van der Waals surface area (Å²) >= 11 is 0. The molecule has 0 saturated heterocycles. The lowest BCUT2D eigenvalue weighted by atomic mass is 9.96. The predicted octanol–water partition coefficient (Wildman–Crippen LogP) is 4.64. The molecule has 0 unspecified atom stereocenters. The molecule has 0 fully saturated rings. The van der Waals surface area contributed by atoms with Crippen LogP contribution in [0.5, 0.6) is 0 Å². The molecule has 0 aliphatic heterocycles. The second kappa shape index (κ2) is 8.29. The van der Waals surface area contributed by atoms with Gasteiger partial charge in [0.25, 0.3) is 0 Å². The lowest BCUT2D eigenvalue weighted by Gasteiger charge is -2.20. The van der Waals surface area contributed by atoms with Crippen LogP contribution in [0.15, 0.2) is 67.4 Å². The van der Waals surface area contributed by atoms with Gasteiger partial charge in [-0.25, -0.2) is 4.98 Å². The van der Waals surface area contributed by atoms with Gasteiger partial charge in [0.1, 0.15) is 5.82 Å². The van der Waals surface area contributed by atoms with Gasteiger partial charge in [-0.3, -0.25) is 0 Å². The van der Waals surface area contributed by atoms with E-state index in [2.05, 4.69) is 48.1 Å². The fourth-order valence-electron chi connectivity index (χ4n) is 2.95. The number of aromatic nitrogens is 2. The van der Waals surface area contributed by atoms with E-state index in [0.29, 0.717) is 5.95 Å². The van der Waals surface area contributed by atoms with Gasteiger partial charge in [0.15, 0.2) is 0 Å². The first-order valence-electron chi connectivity index (χ1n) is 8.69. The number of anilines is 2. The number of benzene rings is 1. The van der Waals surface area contributed by atoms with Crippen molar-refractivity contribution >= 4 is 11.8 Å². The molecule has 0 radical (unpaired) electrons. The molecule has 4 heteroatoms. The fourth-order valence-corrected chi connectivity index (χ4v) is 2.95. The van der Waals surface area contributed by atoms with Crippen molar-refractivity contribution in [3.63, 3.8) is 0 Å². The summed E-state index contributed by atoms with van der Waals surface area (Å²) in [5.74, 6) is 1.52. The van der Waals surface area contributed by atoms with Crippen molar-refractivity contribution in [3.8, 4) is 0 Å². The third kappa shape index (κ3) is 4.57. The Hall–Kier alpha value is -2.88. The van der Waals surface area contributed by atoms with E-state index in [9.17, 15) is 0 Å². The van der Waals surface area contributed by atoms with Crippen LogP contribution in [0.1, 0.15) is 29.7 Å². The van der Waals surface area contributed by atoms with Crippen LogP contribution in [0.2, 0.25) is 0 Å². The van der Waals surface area contributed by atoms with Crippen LogP contribution < -0.4 is 10.6 Å². The fraction of sp³-hybridized carbons (Fsp3) is 0.238. The van der Waals surface area contributed by atoms with E-state index < -0.39 is 0 Å². The third-order valence-corrected chi connectivity index (χ3v) is 4.19. The third-order valence-electron chi connectivity index (χ3n) is 4.19. The Balaban J connectivity index is 1.82. The maximum atomic E-state index is 4.70. The average Bonchev–Trinajstić information content (AvgIpc) is 2.65. The van der Waals surface area contributed by atoms with E-state index in [1.807, 2.05) is 18.2 Å². The van der Waals surface area contributed by atoms with E-state index in [0.717, 1.165) is 36.6 Å². The van der Waals surface area contributed by atoms with Crippen LogP contribution in [0, 0.1) is 0 Å². The largest absolute Gasteiger partial charge is 0.366 e. The Bertz CT molecular complexity index is 778. The first kappa shape index (κ1) is 17.0. The second-order valence-corrected chi connectivity index (χ2v) is 6.11. The molecule has 0 spiro atoms. The SMILES string of the molecule is C=C/C=C\C(=C)Nc1nc2c(c(NCc3ccccc3)n1)CCCC2. The topological polar surface area (TPSA) is 49.8 Å². The van der Waals surface area contributed by atoms with Gasteiger partial charge < -0.3 is 10.6 Å². The monoisotopic (exact) mass is 332 g/mol. The zero-order valence-corrected chi connectivity index (χ0v) is 14.5. The number of allylic oxidation sites excluding steroid dienone is 3. The number of hydrogen-bond acceptors (Lipinski definition) is 4. The van der Waals surface area contributed by atoms with Crippen molar-refractivity contribution in [1.29, 1.82) is 0 Å². The highest BCUT2D eigenvalue weighted by molar-refractivity contribution is 5.53. The van der Waals surface area contributed by atoms with Crippen LogP contribution in [0.25, 0.3) is 0 Å². The molecule has 0 amide bonds. The van der Waals surface area contributed by atoms with Crippen LogP contribution in [-0.4, -0.2) is 9.97 Å². The molecular formula is C21H24N4. The Morgan fingerprint density at radius 3 is 2.72 bits per heavy atom. The van der Waals surface area contributed by atoms with Gasteiger partial charge in [0.2, 0.25) is 5.95 Å². The molecule has 1 heterocycles. The summed E-state index contributed by atoms with van der Waals surface area (Å²) in [5, 5.41) is 6.67. The minimum absolute atomic E-state index is 0.593. The quantitative estimate of drug-likeness (QED) is 0.726. The molecule has 128 valence electrons. The molecule has 3 rings (SSSR count). The van der Waals surface area contributed by atoms with E-state index in [1.165, 1.54) is 24.0 Å². The molecule has 1 aromatic heterocycles. The van der Waals surface area contributed by atoms with Gasteiger partial charge in [-0.05, 0) is 37.3 Å². The summed E-state index contributed by atoms with van der Waals surface area (Å²) in [6.07, 6.45) is 9.81. The molecule has 1 aromatic carbocycles. The van der Waals surface area contributed by atoms with E-state index >= 15 is 0 Å². The molecular weight excluding hydrogens is 308 g/mol. The van der Waals surface area contributed by atoms with Gasteiger partial charge in [-0.1, -0.05) is 55.6 Å². The maximum absolute atomic E-state index is 4.70. The van der Waals surface area contributed by atoms with Gasteiger partial charge >= 0.3 is 0 Å². The molecule has 0 saturated carbocycles. The molecule has 25 heavy (non-hydrogen) atoms. The summed E-state index contributed by atoms with van der Waals surface area (Å²) in [5.41, 5.74) is 4.36. The van der Waals surface area contributed by atoms with E-state index in [4.69, 9.17) is 9.97 Å². The number of nitrogens with one attached hydrogen (secondary N) is 2. The summed E-state index contributed by atoms with van der Waals surface area (Å²) < 4.78 is 0. The first-order valence-corrected chi connectivity index (χ1v) is 8.69. The van der Waals surface area contributed by atoms with Crippen LogP contribution in [0.4, 0.5) is 11.8 Å². The summed E-state index contributed by atoms with van der Waals surface area (Å²) in [6, 6.07) is 10.4. The van der Waals surface area contributed by atoms with Crippen molar-refractivity contribution in [1.82, 2.24) is 9.97 Å². The molecule has 0 bridgehead atoms. The lowest BCUT2D eigenvalue weighted by molar-refractivity contribution is 0.664. The number of fused-ring (bicyclic) bond motifs is 1. The van der Waals surface area contributed by atoms with Crippen molar-refractivity contribution < 1.29 is 0 Å². The molecule has 2 aromatic rings. The summed E-state index contributed by atoms with van der Waals surface area (Å²) in [6.45, 7) is 8.40. The summed E-state index contributed by atoms with van der Waals surface area (Å²) in [7, 11) is 0. The van der Waals surface area contributed by atoms with Gasteiger partial charge in [-0.2, -0.15) is 4.98 Å². The van der Waals surface area contributed by atoms with Crippen molar-refractivity contribution in [2.24, 2.45) is 0 Å². The van der Waals surface area contributed by atoms with E-state index in [1.54, 1.807) is 6.08 Å². The zero-order valence-electron chi connectivity index (χ0n) is 14.5. The Labute approximate surface area is 149 Å². The molecule has 1 aliphatic rings. The predicted molar refractivity (Wildman–Crippen MR) is 105 cm³/mol. The molecule has 1 aliphatic carbocycles. The highest BCUT2D eigenvalue weighted by atomic mass is 15.1. The second-order valence-electron chi connectivity index (χ2n) is 6.11. The lowest BCUT2D eigenvalue weighted by Crippen LogP contribution is -2.15. The summed E-state index contributed by atoms with van der Waals surface area (Å²) in [4.78, 5) is 9.39. The minimum Gasteiger partial charge on any atom is -0.366 e. The van der Waals surface area contributed by atoms with Crippen molar-refractivity contribution in [2.45, 2.75) is 32.2 Å². The van der Waals surface area contributed by atoms with Gasteiger partial charge in [0, 0.05) is 17.8 Å². The molecule has 0 atom stereocenters. The number of hydrogen-bond donors (Lipinski definition) is 2. The number of aryl methyl sites for hydroxylation is 1. The Kier molecular flexibility index (Phi) is 5.62. The maximum Gasteiger partial charge on any atom is 0.229 e.